The van der Waals surface area contributed by atoms with E-state index in [4.69, 9.17) is 0 Å². The highest BCUT2D eigenvalue weighted by Crippen LogP contribution is 2.19. The van der Waals surface area contributed by atoms with E-state index in [-0.39, 0.29) is 0 Å². The van der Waals surface area contributed by atoms with Gasteiger partial charge in [-0.15, -0.1) is 11.8 Å². The highest BCUT2D eigenvalue weighted by atomic mass is 32.2. The number of hydrogen-bond donors (Lipinski definition) is 1. The Bertz CT molecular complexity index is 305. The summed E-state index contributed by atoms with van der Waals surface area (Å²) in [6.07, 6.45) is 2.47. The van der Waals surface area contributed by atoms with Gasteiger partial charge in [0.15, 0.2) is 0 Å². The van der Waals surface area contributed by atoms with Crippen LogP contribution in [0.4, 0.5) is 0 Å². The van der Waals surface area contributed by atoms with E-state index in [2.05, 4.69) is 43.2 Å². The summed E-state index contributed by atoms with van der Waals surface area (Å²) in [4.78, 5) is 4.52. The molecule has 90 valence electrons. The maximum atomic E-state index is 4.52. The zero-order valence-corrected chi connectivity index (χ0v) is 11.5. The highest BCUT2D eigenvalue weighted by Gasteiger charge is 2.00. The van der Waals surface area contributed by atoms with Crippen molar-refractivity contribution < 1.29 is 0 Å². The molecule has 0 bridgehead atoms. The fraction of sp³-hybridized carbons (Fsp3) is 0.615. The number of rotatable bonds is 6. The van der Waals surface area contributed by atoms with Gasteiger partial charge < -0.3 is 5.32 Å². The maximum Gasteiger partial charge on any atom is 0.0965 e. The summed E-state index contributed by atoms with van der Waals surface area (Å²) in [5, 5.41) is 4.42. The van der Waals surface area contributed by atoms with E-state index < -0.39 is 0 Å². The third-order valence-electron chi connectivity index (χ3n) is 2.60. The van der Waals surface area contributed by atoms with Crippen LogP contribution in [0.1, 0.15) is 31.0 Å². The highest BCUT2D eigenvalue weighted by molar-refractivity contribution is 7.99. The van der Waals surface area contributed by atoms with Crippen LogP contribution >= 0.6 is 11.8 Å². The number of aryl methyl sites for hydroxylation is 2. The third-order valence-corrected chi connectivity index (χ3v) is 3.60. The van der Waals surface area contributed by atoms with Crippen LogP contribution in [-0.2, 0) is 0 Å². The molecule has 1 aromatic heterocycles. The maximum absolute atomic E-state index is 4.52. The molecular formula is C13H22N2S. The molecule has 16 heavy (non-hydrogen) atoms. The van der Waals surface area contributed by atoms with E-state index in [0.717, 1.165) is 16.5 Å². The van der Waals surface area contributed by atoms with Crippen molar-refractivity contribution in [3.8, 4) is 0 Å². The van der Waals surface area contributed by atoms with Crippen LogP contribution in [0.5, 0.6) is 0 Å². The molecule has 2 nitrogen and oxygen atoms in total. The number of thioether (sulfide) groups is 1. The van der Waals surface area contributed by atoms with Gasteiger partial charge in [-0.25, -0.2) is 4.98 Å². The number of aromatic nitrogens is 1. The Morgan fingerprint density at radius 3 is 2.75 bits per heavy atom. The van der Waals surface area contributed by atoms with Crippen LogP contribution in [0.3, 0.4) is 0 Å². The Labute approximate surface area is 103 Å². The third kappa shape index (κ3) is 4.99. The van der Waals surface area contributed by atoms with Crippen LogP contribution in [0.2, 0.25) is 0 Å². The minimum atomic E-state index is 0.618. The SMILES string of the molecule is CNC(C)CCCSc1cc(C)cc(C)n1. The number of nitrogens with one attached hydrogen (secondary N) is 1. The summed E-state index contributed by atoms with van der Waals surface area (Å²) in [5.74, 6) is 1.15. The number of nitrogens with zero attached hydrogens (tertiary/aromatic N) is 1. The molecule has 0 amide bonds. The van der Waals surface area contributed by atoms with E-state index in [1.165, 1.54) is 18.4 Å². The Morgan fingerprint density at radius 1 is 1.38 bits per heavy atom. The lowest BCUT2D eigenvalue weighted by atomic mass is 10.2. The van der Waals surface area contributed by atoms with E-state index in [9.17, 15) is 0 Å². The molecule has 1 aromatic rings. The van der Waals surface area contributed by atoms with Crippen LogP contribution in [-0.4, -0.2) is 23.8 Å². The molecule has 3 heteroatoms. The van der Waals surface area contributed by atoms with Gasteiger partial charge in [0.1, 0.15) is 0 Å². The monoisotopic (exact) mass is 238 g/mol. The van der Waals surface area contributed by atoms with Crippen LogP contribution < -0.4 is 5.32 Å². The molecule has 1 heterocycles. The van der Waals surface area contributed by atoms with E-state index in [1.54, 1.807) is 0 Å². The molecule has 1 N–H and O–H groups in total. The fourth-order valence-electron chi connectivity index (χ4n) is 1.59. The molecule has 1 unspecified atom stereocenters. The van der Waals surface area contributed by atoms with Crippen LogP contribution in [0.25, 0.3) is 0 Å². The van der Waals surface area contributed by atoms with Crippen molar-refractivity contribution in [3.05, 3.63) is 23.4 Å². The molecule has 0 aliphatic rings. The fourth-order valence-corrected chi connectivity index (χ4v) is 2.59. The average molecular weight is 238 g/mol. The summed E-state index contributed by atoms with van der Waals surface area (Å²) in [7, 11) is 2.02. The minimum absolute atomic E-state index is 0.618. The lowest BCUT2D eigenvalue weighted by Gasteiger charge is -2.09. The second-order valence-electron chi connectivity index (χ2n) is 4.30. The molecular weight excluding hydrogens is 216 g/mol. The lowest BCUT2D eigenvalue weighted by Crippen LogP contribution is -2.20. The zero-order chi connectivity index (χ0) is 12.0. The largest absolute Gasteiger partial charge is 0.317 e. The first-order valence-corrected chi connectivity index (χ1v) is 6.85. The van der Waals surface area contributed by atoms with E-state index >= 15 is 0 Å². The van der Waals surface area contributed by atoms with Crippen molar-refractivity contribution in [3.63, 3.8) is 0 Å². The molecule has 0 spiro atoms. The van der Waals surface area contributed by atoms with Gasteiger partial charge in [-0.05, 0) is 64.1 Å². The Morgan fingerprint density at radius 2 is 2.12 bits per heavy atom. The van der Waals surface area contributed by atoms with Gasteiger partial charge in [0.05, 0.1) is 5.03 Å². The second kappa shape index (κ2) is 6.92. The topological polar surface area (TPSA) is 24.9 Å². The van der Waals surface area contributed by atoms with Crippen LogP contribution in [0, 0.1) is 13.8 Å². The molecule has 0 aliphatic heterocycles. The standard InChI is InChI=1S/C13H22N2S/c1-10-8-12(3)15-13(9-10)16-7-5-6-11(2)14-4/h8-9,11,14H,5-7H2,1-4H3. The summed E-state index contributed by atoms with van der Waals surface area (Å²) >= 11 is 1.86. The van der Waals surface area contributed by atoms with Gasteiger partial charge in [0.25, 0.3) is 0 Å². The van der Waals surface area contributed by atoms with Gasteiger partial charge in [-0.3, -0.25) is 0 Å². The predicted octanol–water partition coefficient (Wildman–Crippen LogP) is 3.18. The van der Waals surface area contributed by atoms with Gasteiger partial charge >= 0.3 is 0 Å². The lowest BCUT2D eigenvalue weighted by molar-refractivity contribution is 0.559. The zero-order valence-electron chi connectivity index (χ0n) is 10.7. The van der Waals surface area contributed by atoms with Crippen molar-refractivity contribution >= 4 is 11.8 Å². The molecule has 0 saturated heterocycles. The van der Waals surface area contributed by atoms with Gasteiger partial charge in [0.2, 0.25) is 0 Å². The first-order chi connectivity index (χ1) is 7.61. The van der Waals surface area contributed by atoms with Gasteiger partial charge in [0, 0.05) is 11.7 Å². The molecule has 1 rings (SSSR count). The Kier molecular flexibility index (Phi) is 5.85. The molecule has 0 saturated carbocycles. The summed E-state index contributed by atoms with van der Waals surface area (Å²) in [6.45, 7) is 6.40. The summed E-state index contributed by atoms with van der Waals surface area (Å²) in [5.41, 5.74) is 2.42. The number of hydrogen-bond acceptors (Lipinski definition) is 3. The molecule has 1 atom stereocenters. The van der Waals surface area contributed by atoms with Crippen LogP contribution in [0.15, 0.2) is 17.2 Å². The summed E-state index contributed by atoms with van der Waals surface area (Å²) < 4.78 is 0. The minimum Gasteiger partial charge on any atom is -0.317 e. The first-order valence-electron chi connectivity index (χ1n) is 5.87. The first kappa shape index (κ1) is 13.5. The molecule has 0 aromatic carbocycles. The van der Waals surface area contributed by atoms with Gasteiger partial charge in [-0.1, -0.05) is 0 Å². The molecule has 0 aliphatic carbocycles. The van der Waals surface area contributed by atoms with Gasteiger partial charge in [-0.2, -0.15) is 0 Å². The average Bonchev–Trinajstić information content (AvgIpc) is 2.22. The van der Waals surface area contributed by atoms with Crippen molar-refractivity contribution in [1.29, 1.82) is 0 Å². The van der Waals surface area contributed by atoms with E-state index in [1.807, 2.05) is 18.8 Å². The van der Waals surface area contributed by atoms with Crippen molar-refractivity contribution in [2.24, 2.45) is 0 Å². The van der Waals surface area contributed by atoms with Crippen molar-refractivity contribution in [2.75, 3.05) is 12.8 Å². The van der Waals surface area contributed by atoms with Crippen molar-refractivity contribution in [1.82, 2.24) is 10.3 Å². The molecule has 0 fully saturated rings. The predicted molar refractivity (Wildman–Crippen MR) is 72.2 cm³/mol. The normalized spacial score (nSPS) is 12.8. The quantitative estimate of drug-likeness (QED) is 0.608. The smallest absolute Gasteiger partial charge is 0.0965 e. The Hall–Kier alpha value is -0.540. The molecule has 0 radical (unpaired) electrons. The second-order valence-corrected chi connectivity index (χ2v) is 5.42. The van der Waals surface area contributed by atoms with E-state index in [0.29, 0.717) is 6.04 Å². The van der Waals surface area contributed by atoms with Crippen molar-refractivity contribution in [2.45, 2.75) is 44.7 Å². The number of pyridine rings is 1. The Balaban J connectivity index is 2.32. The summed E-state index contributed by atoms with van der Waals surface area (Å²) in [6, 6.07) is 4.90.